The lowest BCUT2D eigenvalue weighted by Crippen LogP contribution is -2.29. The molecule has 0 aromatic carbocycles. The summed E-state index contributed by atoms with van der Waals surface area (Å²) in [5.41, 5.74) is 0.355. The van der Waals surface area contributed by atoms with Crippen molar-refractivity contribution in [3.8, 4) is 0 Å². The highest BCUT2D eigenvalue weighted by molar-refractivity contribution is 7.89. The summed E-state index contributed by atoms with van der Waals surface area (Å²) in [7, 11) is -2.08. The summed E-state index contributed by atoms with van der Waals surface area (Å²) in [6.45, 7) is 6.53. The second-order valence-corrected chi connectivity index (χ2v) is 7.10. The second-order valence-electron chi connectivity index (χ2n) is 5.54. The third-order valence-electron chi connectivity index (χ3n) is 3.37. The van der Waals surface area contributed by atoms with Crippen LogP contribution in [0.1, 0.15) is 56.6 Å². The number of sulfonamides is 1. The SMILES string of the molecule is CCCCCN(C)C(=O)c1cc(S(N)(=O)=O)cn1C(C)C. The Labute approximate surface area is 127 Å². The van der Waals surface area contributed by atoms with Crippen molar-refractivity contribution in [1.82, 2.24) is 9.47 Å². The van der Waals surface area contributed by atoms with Crippen LogP contribution in [0.5, 0.6) is 0 Å². The van der Waals surface area contributed by atoms with Crippen molar-refractivity contribution < 1.29 is 13.2 Å². The van der Waals surface area contributed by atoms with Gasteiger partial charge >= 0.3 is 0 Å². The maximum atomic E-state index is 12.5. The van der Waals surface area contributed by atoms with Gasteiger partial charge in [-0.25, -0.2) is 13.6 Å². The van der Waals surface area contributed by atoms with Crippen LogP contribution in [0.3, 0.4) is 0 Å². The van der Waals surface area contributed by atoms with Crippen LogP contribution < -0.4 is 5.14 Å². The van der Waals surface area contributed by atoms with Gasteiger partial charge in [-0.3, -0.25) is 4.79 Å². The van der Waals surface area contributed by atoms with Gasteiger partial charge in [0.2, 0.25) is 10.0 Å². The van der Waals surface area contributed by atoms with Crippen molar-refractivity contribution in [2.45, 2.75) is 51.0 Å². The molecule has 2 N–H and O–H groups in total. The topological polar surface area (TPSA) is 85.4 Å². The summed E-state index contributed by atoms with van der Waals surface area (Å²) in [6, 6.07) is 1.33. The summed E-state index contributed by atoms with van der Waals surface area (Å²) in [4.78, 5) is 14.1. The molecular weight excluding hydrogens is 290 g/mol. The second kappa shape index (κ2) is 7.09. The number of carbonyl (C=O) groups excluding carboxylic acids is 1. The first kappa shape index (κ1) is 17.7. The molecule has 0 bridgehead atoms. The predicted molar refractivity (Wildman–Crippen MR) is 82.7 cm³/mol. The van der Waals surface area contributed by atoms with Crippen molar-refractivity contribution in [2.24, 2.45) is 5.14 Å². The smallest absolute Gasteiger partial charge is 0.270 e. The molecule has 0 aliphatic rings. The van der Waals surface area contributed by atoms with E-state index >= 15 is 0 Å². The van der Waals surface area contributed by atoms with E-state index in [4.69, 9.17) is 5.14 Å². The van der Waals surface area contributed by atoms with E-state index in [1.54, 1.807) is 16.5 Å². The quantitative estimate of drug-likeness (QED) is 0.781. The number of carbonyl (C=O) groups is 1. The summed E-state index contributed by atoms with van der Waals surface area (Å²) in [5.74, 6) is -0.185. The Hall–Kier alpha value is -1.34. The maximum Gasteiger partial charge on any atom is 0.270 e. The molecule has 120 valence electrons. The van der Waals surface area contributed by atoms with Crippen LogP contribution in [0.25, 0.3) is 0 Å². The molecule has 0 aliphatic carbocycles. The van der Waals surface area contributed by atoms with Gasteiger partial charge in [-0.1, -0.05) is 19.8 Å². The number of rotatable bonds is 7. The lowest BCUT2D eigenvalue weighted by atomic mass is 10.2. The molecule has 0 saturated carbocycles. The van der Waals surface area contributed by atoms with Crippen LogP contribution in [-0.2, 0) is 10.0 Å². The highest BCUT2D eigenvalue weighted by Crippen LogP contribution is 2.19. The summed E-state index contributed by atoms with van der Waals surface area (Å²) in [5, 5.41) is 5.15. The first-order chi connectivity index (χ1) is 9.68. The molecule has 1 aromatic rings. The third kappa shape index (κ3) is 4.57. The molecule has 0 radical (unpaired) electrons. The van der Waals surface area contributed by atoms with Gasteiger partial charge in [0, 0.05) is 25.8 Å². The molecule has 1 rings (SSSR count). The van der Waals surface area contributed by atoms with Gasteiger partial charge in [-0.05, 0) is 26.3 Å². The fourth-order valence-electron chi connectivity index (χ4n) is 2.10. The van der Waals surface area contributed by atoms with E-state index in [1.807, 2.05) is 13.8 Å². The van der Waals surface area contributed by atoms with Gasteiger partial charge in [-0.2, -0.15) is 0 Å². The lowest BCUT2D eigenvalue weighted by molar-refractivity contribution is 0.0780. The fourth-order valence-corrected chi connectivity index (χ4v) is 2.64. The van der Waals surface area contributed by atoms with Crippen molar-refractivity contribution in [3.05, 3.63) is 18.0 Å². The minimum Gasteiger partial charge on any atom is -0.340 e. The number of nitrogens with two attached hydrogens (primary N) is 1. The minimum atomic E-state index is -3.81. The monoisotopic (exact) mass is 315 g/mol. The molecule has 1 heterocycles. The zero-order valence-corrected chi connectivity index (χ0v) is 14.0. The van der Waals surface area contributed by atoms with Gasteiger partial charge < -0.3 is 9.47 Å². The van der Waals surface area contributed by atoms with Crippen LogP contribution in [0.2, 0.25) is 0 Å². The van der Waals surface area contributed by atoms with E-state index in [9.17, 15) is 13.2 Å². The number of unbranched alkanes of at least 4 members (excludes halogenated alkanes) is 2. The van der Waals surface area contributed by atoms with E-state index in [0.717, 1.165) is 19.3 Å². The Bertz CT molecular complexity index is 591. The number of hydrogen-bond donors (Lipinski definition) is 1. The molecule has 1 aromatic heterocycles. The number of primary sulfonamides is 1. The molecule has 0 fully saturated rings. The Balaban J connectivity index is 3.05. The number of aromatic nitrogens is 1. The summed E-state index contributed by atoms with van der Waals surface area (Å²) < 4.78 is 24.6. The van der Waals surface area contributed by atoms with Crippen LogP contribution in [0, 0.1) is 0 Å². The summed E-state index contributed by atoms with van der Waals surface area (Å²) >= 11 is 0. The molecule has 1 amide bonds. The zero-order chi connectivity index (χ0) is 16.2. The van der Waals surface area contributed by atoms with Crippen LogP contribution in [0.4, 0.5) is 0 Å². The van der Waals surface area contributed by atoms with Crippen molar-refractivity contribution in [2.75, 3.05) is 13.6 Å². The van der Waals surface area contributed by atoms with E-state index in [-0.39, 0.29) is 16.8 Å². The molecule has 21 heavy (non-hydrogen) atoms. The fraction of sp³-hybridized carbons (Fsp3) is 0.643. The van der Waals surface area contributed by atoms with Gasteiger partial charge in [0.15, 0.2) is 0 Å². The van der Waals surface area contributed by atoms with Gasteiger partial charge in [0.25, 0.3) is 5.91 Å². The highest BCUT2D eigenvalue weighted by atomic mass is 32.2. The third-order valence-corrected chi connectivity index (χ3v) is 4.25. The van der Waals surface area contributed by atoms with E-state index in [0.29, 0.717) is 12.2 Å². The van der Waals surface area contributed by atoms with Crippen LogP contribution in [0.15, 0.2) is 17.2 Å². The molecule has 0 unspecified atom stereocenters. The minimum absolute atomic E-state index is 0.0245. The normalized spacial score (nSPS) is 11.9. The first-order valence-corrected chi connectivity index (χ1v) is 8.73. The standard InChI is InChI=1S/C14H25N3O3S/c1-5-6-7-8-16(4)14(18)13-9-12(21(15,19)20)10-17(13)11(2)3/h9-11H,5-8H2,1-4H3,(H2,15,19,20). The molecule has 0 saturated heterocycles. The Morgan fingerprint density at radius 3 is 2.48 bits per heavy atom. The molecule has 0 atom stereocenters. The van der Waals surface area contributed by atoms with Crippen LogP contribution >= 0.6 is 0 Å². The van der Waals surface area contributed by atoms with Gasteiger partial charge in [0.1, 0.15) is 10.6 Å². The highest BCUT2D eigenvalue weighted by Gasteiger charge is 2.22. The Kier molecular flexibility index (Phi) is 5.98. The van der Waals surface area contributed by atoms with Crippen molar-refractivity contribution >= 4 is 15.9 Å². The molecule has 0 spiro atoms. The predicted octanol–water partition coefficient (Wildman–Crippen LogP) is 1.98. The average Bonchev–Trinajstić information content (AvgIpc) is 2.83. The van der Waals surface area contributed by atoms with Crippen LogP contribution in [-0.4, -0.2) is 37.4 Å². The average molecular weight is 315 g/mol. The molecule has 0 aliphatic heterocycles. The lowest BCUT2D eigenvalue weighted by Gasteiger charge is -2.19. The van der Waals surface area contributed by atoms with E-state index in [1.165, 1.54) is 12.3 Å². The Morgan fingerprint density at radius 2 is 2.00 bits per heavy atom. The van der Waals surface area contributed by atoms with E-state index < -0.39 is 10.0 Å². The van der Waals surface area contributed by atoms with Gasteiger partial charge in [-0.15, -0.1) is 0 Å². The number of amides is 1. The maximum absolute atomic E-state index is 12.5. The Morgan fingerprint density at radius 1 is 1.38 bits per heavy atom. The first-order valence-electron chi connectivity index (χ1n) is 7.18. The van der Waals surface area contributed by atoms with Crippen molar-refractivity contribution in [1.29, 1.82) is 0 Å². The molecule has 6 nitrogen and oxygen atoms in total. The largest absolute Gasteiger partial charge is 0.340 e. The molecule has 7 heteroatoms. The number of nitrogens with zero attached hydrogens (tertiary/aromatic N) is 2. The molecular formula is C14H25N3O3S. The van der Waals surface area contributed by atoms with E-state index in [2.05, 4.69) is 6.92 Å². The van der Waals surface area contributed by atoms with Gasteiger partial charge in [0.05, 0.1) is 0 Å². The number of hydrogen-bond acceptors (Lipinski definition) is 3. The van der Waals surface area contributed by atoms with Crippen molar-refractivity contribution in [3.63, 3.8) is 0 Å². The zero-order valence-electron chi connectivity index (χ0n) is 13.2. The summed E-state index contributed by atoms with van der Waals surface area (Å²) in [6.07, 6.45) is 4.50.